The van der Waals surface area contributed by atoms with Gasteiger partial charge in [0.25, 0.3) is 0 Å². The van der Waals surface area contributed by atoms with Crippen LogP contribution in [0, 0.1) is 11.6 Å². The number of nitrogens with zero attached hydrogens (tertiary/aromatic N) is 1. The normalized spacial score (nSPS) is 22.0. The number of benzene rings is 1. The monoisotopic (exact) mass is 300 g/mol. The molecular formula is C15H22F2N2O2. The van der Waals surface area contributed by atoms with Gasteiger partial charge in [-0.25, -0.2) is 8.78 Å². The molecule has 1 saturated heterocycles. The van der Waals surface area contributed by atoms with Gasteiger partial charge in [-0.15, -0.1) is 0 Å². The highest BCUT2D eigenvalue weighted by Crippen LogP contribution is 2.29. The summed E-state index contributed by atoms with van der Waals surface area (Å²) in [5.41, 5.74) is 0.596. The fourth-order valence-electron chi connectivity index (χ4n) is 2.67. The van der Waals surface area contributed by atoms with Crippen LogP contribution in [0.1, 0.15) is 12.5 Å². The van der Waals surface area contributed by atoms with Crippen LogP contribution in [0.25, 0.3) is 0 Å². The summed E-state index contributed by atoms with van der Waals surface area (Å²) < 4.78 is 39.1. The largest absolute Gasteiger partial charge is 0.377 e. The second kappa shape index (κ2) is 7.15. The zero-order valence-electron chi connectivity index (χ0n) is 12.7. The first-order valence-electron chi connectivity index (χ1n) is 7.09. The summed E-state index contributed by atoms with van der Waals surface area (Å²) in [7, 11) is 3.15. The van der Waals surface area contributed by atoms with Crippen LogP contribution in [0.3, 0.4) is 0 Å². The Kier molecular flexibility index (Phi) is 5.50. The zero-order valence-corrected chi connectivity index (χ0v) is 12.7. The molecule has 118 valence electrons. The summed E-state index contributed by atoms with van der Waals surface area (Å²) in [5.74, 6) is -1.09. The lowest BCUT2D eigenvalue weighted by Gasteiger charge is -2.20. The third-order valence-electron chi connectivity index (χ3n) is 3.79. The molecule has 1 heterocycles. The smallest absolute Gasteiger partial charge is 0.149 e. The topological polar surface area (TPSA) is 33.7 Å². The Morgan fingerprint density at radius 3 is 2.10 bits per heavy atom. The van der Waals surface area contributed by atoms with Crippen LogP contribution in [0.5, 0.6) is 0 Å². The molecule has 6 heteroatoms. The summed E-state index contributed by atoms with van der Waals surface area (Å²) in [4.78, 5) is 1.64. The number of anilines is 1. The molecule has 0 saturated carbocycles. The van der Waals surface area contributed by atoms with E-state index in [2.05, 4.69) is 5.32 Å². The van der Waals surface area contributed by atoms with Gasteiger partial charge in [0, 0.05) is 33.9 Å². The SMILES string of the molecule is CCNCc1cc(F)c(N2CC(OC)C(OC)C2)c(F)c1. The van der Waals surface area contributed by atoms with Crippen molar-refractivity contribution in [1.82, 2.24) is 5.32 Å². The van der Waals surface area contributed by atoms with Gasteiger partial charge < -0.3 is 19.7 Å². The van der Waals surface area contributed by atoms with Gasteiger partial charge in [-0.1, -0.05) is 6.92 Å². The molecule has 0 bridgehead atoms. The van der Waals surface area contributed by atoms with Gasteiger partial charge in [0.15, 0.2) is 0 Å². The molecule has 0 amide bonds. The fraction of sp³-hybridized carbons (Fsp3) is 0.600. The van der Waals surface area contributed by atoms with Crippen molar-refractivity contribution < 1.29 is 18.3 Å². The lowest BCUT2D eigenvalue weighted by Crippen LogP contribution is -2.27. The molecule has 4 nitrogen and oxygen atoms in total. The Bertz CT molecular complexity index is 450. The maximum atomic E-state index is 14.3. The van der Waals surface area contributed by atoms with Crippen LogP contribution in [0.15, 0.2) is 12.1 Å². The van der Waals surface area contributed by atoms with Gasteiger partial charge in [0.2, 0.25) is 0 Å². The number of hydrogen-bond donors (Lipinski definition) is 1. The van der Waals surface area contributed by atoms with E-state index in [1.807, 2.05) is 6.92 Å². The van der Waals surface area contributed by atoms with Gasteiger partial charge >= 0.3 is 0 Å². The summed E-state index contributed by atoms with van der Waals surface area (Å²) in [6.07, 6.45) is -0.370. The highest BCUT2D eigenvalue weighted by Gasteiger charge is 2.35. The molecule has 0 radical (unpaired) electrons. The van der Waals surface area contributed by atoms with Crippen molar-refractivity contribution in [1.29, 1.82) is 0 Å². The standard InChI is InChI=1S/C15H22F2N2O2/c1-4-18-7-10-5-11(16)15(12(17)6-10)19-8-13(20-2)14(9-19)21-3/h5-6,13-14,18H,4,7-9H2,1-3H3. The minimum absolute atomic E-state index is 0.00292. The van der Waals surface area contributed by atoms with Crippen molar-refractivity contribution in [3.63, 3.8) is 0 Å². The lowest BCUT2D eigenvalue weighted by molar-refractivity contribution is -0.00461. The van der Waals surface area contributed by atoms with Crippen LogP contribution >= 0.6 is 0 Å². The van der Waals surface area contributed by atoms with E-state index in [0.717, 1.165) is 6.54 Å². The van der Waals surface area contributed by atoms with E-state index in [1.165, 1.54) is 12.1 Å². The minimum atomic E-state index is -0.547. The van der Waals surface area contributed by atoms with Gasteiger partial charge in [-0.2, -0.15) is 0 Å². The average Bonchev–Trinajstić information content (AvgIpc) is 2.87. The number of rotatable bonds is 6. The molecule has 0 spiro atoms. The van der Waals surface area contributed by atoms with Crippen molar-refractivity contribution in [2.24, 2.45) is 0 Å². The van der Waals surface area contributed by atoms with Crippen molar-refractivity contribution in [2.75, 3.05) is 38.8 Å². The molecule has 2 atom stereocenters. The van der Waals surface area contributed by atoms with E-state index in [0.29, 0.717) is 25.2 Å². The predicted molar refractivity (Wildman–Crippen MR) is 77.5 cm³/mol. The van der Waals surface area contributed by atoms with E-state index in [-0.39, 0.29) is 17.9 Å². The predicted octanol–water partition coefficient (Wildman–Crippen LogP) is 1.92. The van der Waals surface area contributed by atoms with Crippen LogP contribution in [0.4, 0.5) is 14.5 Å². The second-order valence-electron chi connectivity index (χ2n) is 5.14. The molecule has 1 aliphatic rings. The Morgan fingerprint density at radius 2 is 1.67 bits per heavy atom. The van der Waals surface area contributed by atoms with E-state index < -0.39 is 11.6 Å². The first kappa shape index (κ1) is 16.1. The van der Waals surface area contributed by atoms with Crippen LogP contribution < -0.4 is 10.2 Å². The van der Waals surface area contributed by atoms with Gasteiger partial charge in [0.1, 0.15) is 29.5 Å². The molecule has 0 aliphatic carbocycles. The van der Waals surface area contributed by atoms with Crippen molar-refractivity contribution in [3.05, 3.63) is 29.3 Å². The van der Waals surface area contributed by atoms with Crippen molar-refractivity contribution in [3.8, 4) is 0 Å². The summed E-state index contributed by atoms with van der Waals surface area (Å²) >= 11 is 0. The van der Waals surface area contributed by atoms with E-state index >= 15 is 0 Å². The molecule has 2 unspecified atom stereocenters. The molecule has 0 aromatic heterocycles. The molecule has 1 N–H and O–H groups in total. The van der Waals surface area contributed by atoms with Crippen molar-refractivity contribution in [2.45, 2.75) is 25.7 Å². The average molecular weight is 300 g/mol. The third kappa shape index (κ3) is 3.51. The zero-order chi connectivity index (χ0) is 15.4. The van der Waals surface area contributed by atoms with Crippen LogP contribution in [-0.4, -0.2) is 46.1 Å². The number of ether oxygens (including phenoxy) is 2. The summed E-state index contributed by atoms with van der Waals surface area (Å²) in [6.45, 7) is 3.97. The van der Waals surface area contributed by atoms with Gasteiger partial charge in [-0.3, -0.25) is 0 Å². The Morgan fingerprint density at radius 1 is 1.14 bits per heavy atom. The van der Waals surface area contributed by atoms with Crippen molar-refractivity contribution >= 4 is 5.69 Å². The molecule has 1 aliphatic heterocycles. The van der Waals surface area contributed by atoms with Gasteiger partial charge in [-0.05, 0) is 24.2 Å². The van der Waals surface area contributed by atoms with Gasteiger partial charge in [0.05, 0.1) is 0 Å². The Balaban J connectivity index is 2.20. The minimum Gasteiger partial charge on any atom is -0.377 e. The quantitative estimate of drug-likeness (QED) is 0.870. The molecule has 2 rings (SSSR count). The Hall–Kier alpha value is -1.24. The molecular weight excluding hydrogens is 278 g/mol. The van der Waals surface area contributed by atoms with E-state index in [1.54, 1.807) is 19.1 Å². The highest BCUT2D eigenvalue weighted by molar-refractivity contribution is 5.52. The first-order chi connectivity index (χ1) is 10.1. The number of halogens is 2. The van der Waals surface area contributed by atoms with Crippen LogP contribution in [-0.2, 0) is 16.0 Å². The fourth-order valence-corrected chi connectivity index (χ4v) is 2.67. The number of nitrogens with one attached hydrogen (secondary N) is 1. The molecule has 1 aromatic carbocycles. The van der Waals surface area contributed by atoms with Crippen LogP contribution in [0.2, 0.25) is 0 Å². The lowest BCUT2D eigenvalue weighted by atomic mass is 10.1. The number of methoxy groups -OCH3 is 2. The molecule has 1 fully saturated rings. The van der Waals surface area contributed by atoms with E-state index in [4.69, 9.17) is 9.47 Å². The maximum absolute atomic E-state index is 14.3. The first-order valence-corrected chi connectivity index (χ1v) is 7.09. The third-order valence-corrected chi connectivity index (χ3v) is 3.79. The van der Waals surface area contributed by atoms with E-state index in [9.17, 15) is 8.78 Å². The summed E-state index contributed by atoms with van der Waals surface area (Å²) in [5, 5.41) is 3.05. The Labute approximate surface area is 124 Å². The highest BCUT2D eigenvalue weighted by atomic mass is 19.1. The molecule has 1 aromatic rings. The second-order valence-corrected chi connectivity index (χ2v) is 5.14. The molecule has 21 heavy (non-hydrogen) atoms. The maximum Gasteiger partial charge on any atom is 0.149 e. The number of hydrogen-bond acceptors (Lipinski definition) is 4. The summed E-state index contributed by atoms with van der Waals surface area (Å²) in [6, 6.07) is 2.76.